The number of hydrogen-bond acceptors (Lipinski definition) is 8. The maximum atomic E-state index is 14.3. The first kappa shape index (κ1) is 23.2. The highest BCUT2D eigenvalue weighted by molar-refractivity contribution is 7.16. The van der Waals surface area contributed by atoms with Crippen molar-refractivity contribution in [2.45, 2.75) is 43.4 Å². The average Bonchev–Trinajstić information content (AvgIpc) is 3.29. The van der Waals surface area contributed by atoms with Crippen molar-refractivity contribution in [2.75, 3.05) is 18.5 Å². The second-order valence-corrected chi connectivity index (χ2v) is 9.12. The number of nitrogens with zero attached hydrogens (tertiary/aromatic N) is 4. The zero-order chi connectivity index (χ0) is 23.5. The van der Waals surface area contributed by atoms with Crippen molar-refractivity contribution in [1.29, 1.82) is 0 Å². The number of hydrogen-bond donors (Lipinski definition) is 2. The summed E-state index contributed by atoms with van der Waals surface area (Å²) < 4.78 is 40.6. The third-order valence-electron chi connectivity index (χ3n) is 5.79. The van der Waals surface area contributed by atoms with E-state index in [-0.39, 0.29) is 22.5 Å². The number of pyridine rings is 1. The predicted molar refractivity (Wildman–Crippen MR) is 117 cm³/mol. The summed E-state index contributed by atoms with van der Waals surface area (Å²) >= 11 is 1.05. The topological polar surface area (TPSA) is 101 Å². The van der Waals surface area contributed by atoms with E-state index in [1.54, 1.807) is 24.4 Å². The number of halogens is 3. The normalized spacial score (nSPS) is 15.2. The largest absolute Gasteiger partial charge is 0.390 e. The number of thiazole rings is 1. The van der Waals surface area contributed by atoms with Gasteiger partial charge in [0.15, 0.2) is 5.78 Å². The first-order valence-corrected chi connectivity index (χ1v) is 11.3. The number of aromatic nitrogens is 4. The molecule has 1 aliphatic carbocycles. The molecule has 4 rings (SSSR count). The Bertz CT molecular complexity index is 1120. The fourth-order valence-electron chi connectivity index (χ4n) is 3.70. The molecule has 0 unspecified atom stereocenters. The van der Waals surface area contributed by atoms with Crippen LogP contribution in [0.5, 0.6) is 0 Å². The molecule has 3 heterocycles. The number of aliphatic hydroxyl groups excluding tert-OH is 1. The van der Waals surface area contributed by atoms with Gasteiger partial charge in [-0.3, -0.25) is 9.78 Å². The summed E-state index contributed by atoms with van der Waals surface area (Å²) in [5.74, 6) is -3.54. The third-order valence-corrected chi connectivity index (χ3v) is 6.85. The lowest BCUT2D eigenvalue weighted by Gasteiger charge is -2.41. The zero-order valence-electron chi connectivity index (χ0n) is 17.6. The van der Waals surface area contributed by atoms with Crippen LogP contribution in [0.3, 0.4) is 0 Å². The van der Waals surface area contributed by atoms with E-state index in [0.717, 1.165) is 30.6 Å². The van der Waals surface area contributed by atoms with Crippen molar-refractivity contribution in [1.82, 2.24) is 20.2 Å². The molecule has 11 heteroatoms. The summed E-state index contributed by atoms with van der Waals surface area (Å²) in [7, 11) is 0. The highest BCUT2D eigenvalue weighted by atomic mass is 32.1. The lowest BCUT2D eigenvalue weighted by Crippen LogP contribution is -2.42. The van der Waals surface area contributed by atoms with Crippen molar-refractivity contribution >= 4 is 22.9 Å². The summed E-state index contributed by atoms with van der Waals surface area (Å²) in [5.41, 5.74) is 0.535. The van der Waals surface area contributed by atoms with E-state index in [9.17, 15) is 18.0 Å². The van der Waals surface area contributed by atoms with Gasteiger partial charge < -0.3 is 10.4 Å². The van der Waals surface area contributed by atoms with Gasteiger partial charge in [0.1, 0.15) is 28.9 Å². The maximum Gasteiger partial charge on any atom is 0.271 e. The van der Waals surface area contributed by atoms with Crippen LogP contribution in [0.1, 0.15) is 47.5 Å². The maximum absolute atomic E-state index is 14.3. The predicted octanol–water partition coefficient (Wildman–Crippen LogP) is 4.26. The first-order chi connectivity index (χ1) is 15.8. The SMILES string of the molecule is O=C(CCC(F)(F)CO)c1cnc(-c2ccc(NCC3(c4ncccc4F)CCC3)nn2)s1. The highest BCUT2D eigenvalue weighted by Gasteiger charge is 2.41. The number of nitrogens with one attached hydrogen (secondary N) is 1. The van der Waals surface area contributed by atoms with Crippen LogP contribution < -0.4 is 5.32 Å². The highest BCUT2D eigenvalue weighted by Crippen LogP contribution is 2.43. The van der Waals surface area contributed by atoms with Gasteiger partial charge in [0.2, 0.25) is 0 Å². The molecule has 0 radical (unpaired) electrons. The minimum absolute atomic E-state index is 0.243. The molecule has 2 N–H and O–H groups in total. The summed E-state index contributed by atoms with van der Waals surface area (Å²) in [6.07, 6.45) is 4.49. The van der Waals surface area contributed by atoms with Crippen LogP contribution in [-0.2, 0) is 5.41 Å². The van der Waals surface area contributed by atoms with Gasteiger partial charge in [-0.05, 0) is 37.1 Å². The number of rotatable bonds is 10. The Balaban J connectivity index is 1.38. The smallest absolute Gasteiger partial charge is 0.271 e. The van der Waals surface area contributed by atoms with Gasteiger partial charge in [-0.2, -0.15) is 0 Å². The van der Waals surface area contributed by atoms with Gasteiger partial charge in [-0.1, -0.05) is 6.42 Å². The number of anilines is 1. The molecule has 1 aliphatic rings. The molecule has 0 aliphatic heterocycles. The first-order valence-electron chi connectivity index (χ1n) is 10.5. The summed E-state index contributed by atoms with van der Waals surface area (Å²) in [5, 5.41) is 20.5. The Morgan fingerprint density at radius 3 is 2.67 bits per heavy atom. The molecular formula is C22H22F3N5O2S. The lowest BCUT2D eigenvalue weighted by molar-refractivity contribution is -0.0559. The molecule has 33 heavy (non-hydrogen) atoms. The molecule has 0 spiro atoms. The molecule has 7 nitrogen and oxygen atoms in total. The van der Waals surface area contributed by atoms with E-state index in [2.05, 4.69) is 25.5 Å². The average molecular weight is 478 g/mol. The Hall–Kier alpha value is -2.92. The van der Waals surface area contributed by atoms with Crippen LogP contribution in [-0.4, -0.2) is 50.1 Å². The van der Waals surface area contributed by atoms with Gasteiger partial charge in [0, 0.05) is 37.2 Å². The van der Waals surface area contributed by atoms with E-state index in [0.29, 0.717) is 28.8 Å². The molecule has 3 aromatic rings. The van der Waals surface area contributed by atoms with E-state index < -0.39 is 24.7 Å². The van der Waals surface area contributed by atoms with Crippen molar-refractivity contribution in [3.63, 3.8) is 0 Å². The molecule has 0 saturated heterocycles. The van der Waals surface area contributed by atoms with Crippen molar-refractivity contribution in [2.24, 2.45) is 0 Å². The van der Waals surface area contributed by atoms with Gasteiger partial charge in [0.25, 0.3) is 5.92 Å². The summed E-state index contributed by atoms with van der Waals surface area (Å²) in [6, 6.07) is 6.40. The molecule has 0 aromatic carbocycles. The molecule has 1 fully saturated rings. The van der Waals surface area contributed by atoms with Gasteiger partial charge in [0.05, 0.1) is 10.6 Å². The number of alkyl halides is 2. The second-order valence-electron chi connectivity index (χ2n) is 8.09. The Labute approximate surface area is 192 Å². The van der Waals surface area contributed by atoms with E-state index in [1.807, 2.05) is 0 Å². The molecule has 0 amide bonds. The lowest BCUT2D eigenvalue weighted by atomic mass is 9.66. The minimum Gasteiger partial charge on any atom is -0.390 e. The summed E-state index contributed by atoms with van der Waals surface area (Å²) in [6.45, 7) is -0.814. The molecule has 3 aromatic heterocycles. The zero-order valence-corrected chi connectivity index (χ0v) is 18.4. The van der Waals surface area contributed by atoms with Gasteiger partial charge >= 0.3 is 0 Å². The molecule has 0 bridgehead atoms. The number of Topliss-reactive ketones (excluding diaryl/α,β-unsaturated/α-hetero) is 1. The van der Waals surface area contributed by atoms with Crippen LogP contribution in [0.4, 0.5) is 19.0 Å². The Morgan fingerprint density at radius 2 is 2.03 bits per heavy atom. The van der Waals surface area contributed by atoms with Crippen molar-refractivity contribution in [3.05, 3.63) is 53.0 Å². The molecule has 174 valence electrons. The van der Waals surface area contributed by atoms with Crippen LogP contribution in [0.15, 0.2) is 36.7 Å². The van der Waals surface area contributed by atoms with Crippen LogP contribution in [0, 0.1) is 5.82 Å². The second kappa shape index (κ2) is 9.52. The third kappa shape index (κ3) is 5.19. The van der Waals surface area contributed by atoms with Crippen molar-refractivity contribution < 1.29 is 23.1 Å². The number of carbonyl (C=O) groups is 1. The van der Waals surface area contributed by atoms with Crippen LogP contribution in [0.25, 0.3) is 10.7 Å². The number of aliphatic hydroxyl groups is 1. The van der Waals surface area contributed by atoms with Gasteiger partial charge in [-0.15, -0.1) is 21.5 Å². The minimum atomic E-state index is -3.28. The monoisotopic (exact) mass is 477 g/mol. The van der Waals surface area contributed by atoms with E-state index >= 15 is 0 Å². The van der Waals surface area contributed by atoms with E-state index in [1.165, 1.54) is 12.3 Å². The fourth-order valence-corrected chi connectivity index (χ4v) is 4.55. The number of ketones is 1. The van der Waals surface area contributed by atoms with Gasteiger partial charge in [-0.25, -0.2) is 18.2 Å². The standard InChI is InChI=1S/C22H22F3N5O2S/c23-14-3-1-10-26-19(14)21(7-2-8-21)12-28-18-5-4-15(29-30-18)20-27-11-17(33-20)16(32)6-9-22(24,25)13-31/h1,3-5,10-11,31H,2,6-9,12-13H2,(H,28,30). The van der Waals surface area contributed by atoms with Crippen LogP contribution >= 0.6 is 11.3 Å². The Morgan fingerprint density at radius 1 is 1.21 bits per heavy atom. The molecule has 0 atom stereocenters. The quantitative estimate of drug-likeness (QED) is 0.421. The van der Waals surface area contributed by atoms with E-state index in [4.69, 9.17) is 5.11 Å². The number of carbonyl (C=O) groups excluding carboxylic acids is 1. The fraction of sp³-hybridized carbons (Fsp3) is 0.409. The van der Waals surface area contributed by atoms with Crippen LogP contribution in [0.2, 0.25) is 0 Å². The van der Waals surface area contributed by atoms with Crippen molar-refractivity contribution in [3.8, 4) is 10.7 Å². The summed E-state index contributed by atoms with van der Waals surface area (Å²) in [4.78, 5) is 20.8. The molecule has 1 saturated carbocycles. The molecular weight excluding hydrogens is 455 g/mol. The Kier molecular flexibility index (Phi) is 6.71.